The molecule has 0 saturated heterocycles. The molecule has 1 aliphatic carbocycles. The molecular weight excluding hydrogens is 438 g/mol. The average Bonchev–Trinajstić information content (AvgIpc) is 3.24. The lowest BCUT2D eigenvalue weighted by Gasteiger charge is -2.11. The number of benzene rings is 3. The van der Waals surface area contributed by atoms with E-state index in [0.29, 0.717) is 0 Å². The molecule has 0 bridgehead atoms. The SMILES string of the molecule is N#CC1=[C-]C(C#N)(C#N)C(C#N)=C1C#N.c1ccc([S+](c2ccccc2)c2ccccc2)cc1. The van der Waals surface area contributed by atoms with E-state index < -0.39 is 5.41 Å². The lowest BCUT2D eigenvalue weighted by molar-refractivity contribution is 0.806. The minimum atomic E-state index is -1.91. The Labute approximate surface area is 201 Å². The topological polar surface area (TPSA) is 119 Å². The first-order chi connectivity index (χ1) is 16.6. The van der Waals surface area contributed by atoms with Gasteiger partial charge in [-0.3, -0.25) is 5.26 Å². The van der Waals surface area contributed by atoms with Gasteiger partial charge in [0.05, 0.1) is 29.1 Å². The highest BCUT2D eigenvalue weighted by molar-refractivity contribution is 7.97. The summed E-state index contributed by atoms with van der Waals surface area (Å²) in [4.78, 5) is 4.08. The van der Waals surface area contributed by atoms with Gasteiger partial charge >= 0.3 is 0 Å². The van der Waals surface area contributed by atoms with Crippen LogP contribution in [0.3, 0.4) is 0 Å². The number of nitrogens with zero attached hydrogens (tertiary/aromatic N) is 5. The van der Waals surface area contributed by atoms with Gasteiger partial charge in [-0.05, 0) is 42.0 Å². The van der Waals surface area contributed by atoms with Crippen LogP contribution < -0.4 is 0 Å². The summed E-state index contributed by atoms with van der Waals surface area (Å²) in [5, 5.41) is 43.7. The fourth-order valence-electron chi connectivity index (χ4n) is 3.23. The fourth-order valence-corrected chi connectivity index (χ4v) is 5.34. The normalized spacial score (nSPS) is 13.1. The van der Waals surface area contributed by atoms with Crippen molar-refractivity contribution >= 4 is 10.9 Å². The van der Waals surface area contributed by atoms with Crippen molar-refractivity contribution in [2.24, 2.45) is 5.41 Å². The third-order valence-corrected chi connectivity index (χ3v) is 7.03. The van der Waals surface area contributed by atoms with Gasteiger partial charge in [-0.2, -0.15) is 15.8 Å². The van der Waals surface area contributed by atoms with Crippen LogP contribution in [0.1, 0.15) is 0 Å². The predicted molar refractivity (Wildman–Crippen MR) is 126 cm³/mol. The maximum atomic E-state index is 8.79. The standard InChI is InChI=1S/C18H15S.C10N5/c1-4-10-16(11-5-1)19(17-12-6-2-7-13-17)18-14-8-3-9-15-18;11-2-7-1-10(5-14,6-15)9(4-13)8(7)3-12/h1-15H;/q+1;-1. The van der Waals surface area contributed by atoms with Crippen LogP contribution in [0.5, 0.6) is 0 Å². The summed E-state index contributed by atoms with van der Waals surface area (Å²) in [5.74, 6) is 0. The molecule has 0 heterocycles. The van der Waals surface area contributed by atoms with Crippen molar-refractivity contribution in [3.05, 3.63) is 114 Å². The van der Waals surface area contributed by atoms with E-state index in [9.17, 15) is 0 Å². The molecule has 3 aromatic carbocycles. The molecule has 0 fully saturated rings. The molecule has 158 valence electrons. The summed E-state index contributed by atoms with van der Waals surface area (Å²) in [7, 11) is -0.0146. The minimum Gasteiger partial charge on any atom is -0.285 e. The van der Waals surface area contributed by atoms with Crippen LogP contribution in [0.25, 0.3) is 0 Å². The quantitative estimate of drug-likeness (QED) is 0.388. The second-order valence-electron chi connectivity index (χ2n) is 6.80. The Hall–Kier alpha value is -5.06. The highest BCUT2D eigenvalue weighted by Gasteiger charge is 2.35. The van der Waals surface area contributed by atoms with E-state index in [-0.39, 0.29) is 27.6 Å². The predicted octanol–water partition coefficient (Wildman–Crippen LogP) is 5.41. The Bertz CT molecular complexity index is 1330. The molecule has 0 amide bonds. The number of nitriles is 5. The van der Waals surface area contributed by atoms with Gasteiger partial charge in [-0.1, -0.05) is 60.7 Å². The molecule has 4 rings (SSSR count). The van der Waals surface area contributed by atoms with Crippen molar-refractivity contribution in [1.29, 1.82) is 26.3 Å². The van der Waals surface area contributed by atoms with Gasteiger partial charge in [0.1, 0.15) is 5.41 Å². The molecule has 6 heteroatoms. The fraction of sp³-hybridized carbons (Fsp3) is 0.0357. The monoisotopic (exact) mass is 453 g/mol. The zero-order chi connectivity index (χ0) is 24.4. The summed E-state index contributed by atoms with van der Waals surface area (Å²) in [6.07, 6.45) is 2.27. The van der Waals surface area contributed by atoms with Gasteiger partial charge in [-0.15, -0.1) is 11.6 Å². The van der Waals surface area contributed by atoms with E-state index in [0.717, 1.165) is 0 Å². The second-order valence-corrected chi connectivity index (χ2v) is 8.83. The van der Waals surface area contributed by atoms with E-state index in [2.05, 4.69) is 97.1 Å². The molecule has 0 N–H and O–H groups in total. The van der Waals surface area contributed by atoms with E-state index in [4.69, 9.17) is 26.3 Å². The highest BCUT2D eigenvalue weighted by atomic mass is 32.2. The minimum absolute atomic E-state index is 0.0146. The van der Waals surface area contributed by atoms with Crippen molar-refractivity contribution in [3.8, 4) is 30.3 Å². The van der Waals surface area contributed by atoms with Crippen molar-refractivity contribution in [3.63, 3.8) is 0 Å². The number of hydrogen-bond acceptors (Lipinski definition) is 5. The van der Waals surface area contributed by atoms with Crippen LogP contribution in [0.4, 0.5) is 0 Å². The van der Waals surface area contributed by atoms with Crippen LogP contribution in [0, 0.1) is 68.1 Å². The van der Waals surface area contributed by atoms with Crippen LogP contribution in [0.2, 0.25) is 0 Å². The third-order valence-electron chi connectivity index (χ3n) is 4.80. The molecule has 0 atom stereocenters. The Morgan fingerprint density at radius 1 is 0.559 bits per heavy atom. The van der Waals surface area contributed by atoms with Crippen molar-refractivity contribution in [1.82, 2.24) is 0 Å². The van der Waals surface area contributed by atoms with Crippen LogP contribution in [0.15, 0.2) is 122 Å². The van der Waals surface area contributed by atoms with Gasteiger partial charge in [0.2, 0.25) is 0 Å². The summed E-state index contributed by atoms with van der Waals surface area (Å²) in [5.41, 5.74) is -2.71. The van der Waals surface area contributed by atoms with Crippen molar-refractivity contribution < 1.29 is 0 Å². The van der Waals surface area contributed by atoms with E-state index >= 15 is 0 Å². The van der Waals surface area contributed by atoms with E-state index in [1.165, 1.54) is 14.7 Å². The maximum Gasteiger partial charge on any atom is 0.166 e. The molecular formula is C28H15N5S. The third kappa shape index (κ3) is 4.72. The lowest BCUT2D eigenvalue weighted by Crippen LogP contribution is -2.13. The molecule has 0 unspecified atom stereocenters. The maximum absolute atomic E-state index is 8.79. The van der Waals surface area contributed by atoms with Crippen molar-refractivity contribution in [2.45, 2.75) is 14.7 Å². The van der Waals surface area contributed by atoms with Crippen molar-refractivity contribution in [2.75, 3.05) is 0 Å². The van der Waals surface area contributed by atoms with E-state index in [1.807, 2.05) is 0 Å². The summed E-state index contributed by atoms with van der Waals surface area (Å²) < 4.78 is 0. The molecule has 0 saturated carbocycles. The Morgan fingerprint density at radius 2 is 0.971 bits per heavy atom. The first kappa shape index (κ1) is 23.6. The zero-order valence-electron chi connectivity index (χ0n) is 17.8. The summed E-state index contributed by atoms with van der Waals surface area (Å²) in [6, 6.07) is 40.2. The number of allylic oxidation sites excluding steroid dienone is 4. The molecule has 5 nitrogen and oxygen atoms in total. The molecule has 0 radical (unpaired) electrons. The Morgan fingerprint density at radius 3 is 1.26 bits per heavy atom. The second kappa shape index (κ2) is 11.0. The van der Waals surface area contributed by atoms with Crippen LogP contribution in [-0.2, 0) is 10.9 Å². The lowest BCUT2D eigenvalue weighted by atomic mass is 9.86. The molecule has 34 heavy (non-hydrogen) atoms. The van der Waals surface area contributed by atoms with Gasteiger partial charge in [0, 0.05) is 11.6 Å². The first-order valence-corrected chi connectivity index (χ1v) is 11.2. The van der Waals surface area contributed by atoms with Gasteiger partial charge in [0.15, 0.2) is 14.7 Å². The number of rotatable bonds is 3. The van der Waals surface area contributed by atoms with Gasteiger partial charge in [-0.25, -0.2) is 5.26 Å². The summed E-state index contributed by atoms with van der Waals surface area (Å²) >= 11 is 0. The number of hydrogen-bond donors (Lipinski definition) is 0. The molecule has 3 aromatic rings. The molecule has 1 aliphatic rings. The molecule has 0 spiro atoms. The Kier molecular flexibility index (Phi) is 7.63. The molecule has 0 aliphatic heterocycles. The van der Waals surface area contributed by atoms with Gasteiger partial charge < -0.3 is 0 Å². The van der Waals surface area contributed by atoms with Crippen LogP contribution >= 0.6 is 0 Å². The highest BCUT2D eigenvalue weighted by Crippen LogP contribution is 2.38. The average molecular weight is 454 g/mol. The van der Waals surface area contributed by atoms with Gasteiger partial charge in [0.25, 0.3) is 0 Å². The smallest absolute Gasteiger partial charge is 0.166 e. The van der Waals surface area contributed by atoms with E-state index in [1.54, 1.807) is 30.3 Å². The first-order valence-electron chi connectivity index (χ1n) is 9.96. The Balaban J connectivity index is 0.000000197. The van der Waals surface area contributed by atoms with Crippen LogP contribution in [-0.4, -0.2) is 0 Å². The molecule has 0 aromatic heterocycles. The zero-order valence-corrected chi connectivity index (χ0v) is 18.6. The largest absolute Gasteiger partial charge is 0.285 e. The summed E-state index contributed by atoms with van der Waals surface area (Å²) in [6.45, 7) is 0.